The fourth-order valence-electron chi connectivity index (χ4n) is 7.54. The van der Waals surface area contributed by atoms with Gasteiger partial charge in [0.05, 0.1) is 34.0 Å². The standard InChI is InChI=1S/C8H9N3S.C8H10N2O2S.C7H9BrN2S.C7H11N3S.C7H10N2S.C6H11NO.2CH4.2B.FH.H2/c1-11-3-2-6-7(5-11)12-8(4-9)10-6;1-10-3-2-5-6(4-10)13-7(9-5)8(11)12;2*1-10-3-2-5-6(4-10)11-7(8)9-5;1-9-3-2-6-7(4-9)10-5-8-6;1-7-4-2-6(8)3-5-7;;;;;;/h2-3,5H2,1H3;2-4H2,1H3,(H,11,12);2-4H2,1H3;2-4H2,1H3,(H2,8,9);5H,2-4H2,1H3;2-5H2,1H3;2*1H4;;;2*1H/i;;;;;;;;;;;1+1. The molecule has 1 saturated heterocycles. The van der Waals surface area contributed by atoms with Crippen LogP contribution in [-0.4, -0.2) is 176 Å². The monoisotopic (exact) mass is 1120 g/mol. The van der Waals surface area contributed by atoms with Gasteiger partial charge in [0, 0.05) is 166 Å². The number of anilines is 1. The number of nitriles is 1. The summed E-state index contributed by atoms with van der Waals surface area (Å²) >= 11 is 11.4. The Hall–Kier alpha value is -3.12. The number of hydrogen-bond acceptors (Lipinski definition) is 20. The number of ketones is 1. The number of rotatable bonds is 1. The van der Waals surface area contributed by atoms with Gasteiger partial charge in [0.15, 0.2) is 14.1 Å². The Bertz CT molecular complexity index is 2350. The van der Waals surface area contributed by atoms with Crippen molar-refractivity contribution < 1.29 is 20.8 Å². The second-order valence-corrected chi connectivity index (χ2v) is 23.5. The van der Waals surface area contributed by atoms with Crippen LogP contribution in [0.25, 0.3) is 0 Å². The quantitative estimate of drug-likeness (QED) is 0.168. The molecule has 6 radical (unpaired) electrons. The van der Waals surface area contributed by atoms with E-state index < -0.39 is 5.97 Å². The molecule has 384 valence electrons. The van der Waals surface area contributed by atoms with Gasteiger partial charge >= 0.3 is 5.97 Å². The van der Waals surface area contributed by atoms with Crippen molar-refractivity contribution in [1.82, 2.24) is 54.3 Å². The number of hydrogen-bond donors (Lipinski definition) is 2. The van der Waals surface area contributed by atoms with Crippen molar-refractivity contribution in [3.05, 3.63) is 72.3 Å². The average molecular weight is 1120 g/mol. The molecule has 25 heteroatoms. The van der Waals surface area contributed by atoms with E-state index in [1.807, 2.05) is 19.6 Å². The van der Waals surface area contributed by atoms with Crippen LogP contribution in [0, 0.1) is 11.3 Å². The predicted molar refractivity (Wildman–Crippen MR) is 296 cm³/mol. The number of halogens is 2. The third kappa shape index (κ3) is 19.7. The Kier molecular flexibility index (Phi) is 29.2. The molecular formula is C45H71B2BrFN13O3S5. The van der Waals surface area contributed by atoms with Crippen LogP contribution in [0.4, 0.5) is 9.84 Å². The largest absolute Gasteiger partial charge is 0.476 e. The number of carboxylic acids is 1. The summed E-state index contributed by atoms with van der Waals surface area (Å²) in [5.41, 5.74) is 13.5. The molecule has 5 aromatic rings. The lowest BCUT2D eigenvalue weighted by Crippen LogP contribution is -2.29. The van der Waals surface area contributed by atoms with Crippen molar-refractivity contribution in [3.63, 3.8) is 0 Å². The van der Waals surface area contributed by atoms with E-state index in [4.69, 9.17) is 16.1 Å². The number of fused-ring (bicyclic) bond motifs is 5. The summed E-state index contributed by atoms with van der Waals surface area (Å²) in [6.07, 6.45) is 6.68. The molecule has 70 heavy (non-hydrogen) atoms. The molecule has 1 fully saturated rings. The number of nitrogens with zero attached hydrogens (tertiary/aromatic N) is 12. The topological polar surface area (TPSA) is 188 Å². The van der Waals surface area contributed by atoms with Crippen molar-refractivity contribution in [3.8, 4) is 6.07 Å². The first kappa shape index (κ1) is 64.9. The van der Waals surface area contributed by atoms with Crippen LogP contribution >= 0.6 is 72.6 Å². The molecule has 11 rings (SSSR count). The highest BCUT2D eigenvalue weighted by molar-refractivity contribution is 9.11. The van der Waals surface area contributed by atoms with Gasteiger partial charge in [-0.15, -0.1) is 56.7 Å². The Morgan fingerprint density at radius 2 is 1.01 bits per heavy atom. The first-order chi connectivity index (χ1) is 31.1. The molecule has 0 amide bonds. The van der Waals surface area contributed by atoms with E-state index in [0.717, 1.165) is 144 Å². The highest BCUT2D eigenvalue weighted by Gasteiger charge is 2.22. The summed E-state index contributed by atoms with van der Waals surface area (Å²) in [7, 11) is 12.6. The van der Waals surface area contributed by atoms with E-state index in [-0.39, 0.29) is 42.8 Å². The molecule has 0 atom stereocenters. The number of nitrogens with two attached hydrogens (primary N) is 1. The summed E-state index contributed by atoms with van der Waals surface area (Å²) in [6, 6.07) is 2.09. The van der Waals surface area contributed by atoms with Crippen LogP contribution in [0.1, 0.15) is 96.8 Å². The van der Waals surface area contributed by atoms with E-state index in [2.05, 4.69) is 105 Å². The van der Waals surface area contributed by atoms with E-state index >= 15 is 0 Å². The summed E-state index contributed by atoms with van der Waals surface area (Å²) in [5.74, 6) is -0.495. The molecule has 5 aromatic heterocycles. The van der Waals surface area contributed by atoms with E-state index in [1.165, 1.54) is 59.3 Å². The van der Waals surface area contributed by atoms with Gasteiger partial charge < -0.3 is 40.2 Å². The van der Waals surface area contributed by atoms with E-state index in [9.17, 15) is 9.59 Å². The van der Waals surface area contributed by atoms with Gasteiger partial charge in [-0.2, -0.15) is 5.26 Å². The first-order valence-electron chi connectivity index (χ1n) is 21.6. The molecule has 3 N–H and O–H groups in total. The normalized spacial score (nSPS) is 17.3. The van der Waals surface area contributed by atoms with Crippen molar-refractivity contribution in [2.24, 2.45) is 0 Å². The van der Waals surface area contributed by atoms with Gasteiger partial charge in [0.1, 0.15) is 11.9 Å². The smallest absolute Gasteiger partial charge is 0.365 e. The number of aromatic nitrogens is 5. The molecule has 0 bridgehead atoms. The lowest BCUT2D eigenvalue weighted by atomic mass is 10.1. The summed E-state index contributed by atoms with van der Waals surface area (Å²) in [5, 5.41) is 18.9. The van der Waals surface area contributed by atoms with Crippen LogP contribution in [0.2, 0.25) is 0 Å². The number of carboxylic acid groups (broad SMARTS) is 1. The Balaban J connectivity index is 0.000000818. The Morgan fingerprint density at radius 3 is 1.50 bits per heavy atom. The fraction of sp³-hybridized carbons (Fsp3) is 0.600. The zero-order chi connectivity index (χ0) is 46.6. The minimum atomic E-state index is -0.915. The average Bonchev–Trinajstić information content (AvgIpc) is 4.12. The lowest BCUT2D eigenvalue weighted by Gasteiger charge is -2.20. The van der Waals surface area contributed by atoms with Crippen molar-refractivity contribution in [1.29, 1.82) is 5.26 Å². The van der Waals surface area contributed by atoms with Crippen molar-refractivity contribution >= 4 is 106 Å². The summed E-state index contributed by atoms with van der Waals surface area (Å²) < 4.78 is 1.03. The number of Topliss-reactive ketones (excluding diaryl/α,β-unsaturated/α-hetero) is 1. The first-order valence-corrected chi connectivity index (χ1v) is 26.6. The highest BCUT2D eigenvalue weighted by atomic mass is 79.9. The molecule has 0 unspecified atom stereocenters. The van der Waals surface area contributed by atoms with Crippen molar-refractivity contribution in [2.45, 2.75) is 92.5 Å². The number of aromatic carboxylic acids is 1. The van der Waals surface area contributed by atoms with Gasteiger partial charge in [0.2, 0.25) is 5.01 Å². The van der Waals surface area contributed by atoms with Crippen LogP contribution in [0.15, 0.2) is 9.43 Å². The summed E-state index contributed by atoms with van der Waals surface area (Å²) in [4.78, 5) is 62.6. The second kappa shape index (κ2) is 31.5. The predicted octanol–water partition coefficient (Wildman–Crippen LogP) is 6.76. The maximum Gasteiger partial charge on any atom is 0.365 e. The fourth-order valence-corrected chi connectivity index (χ4v) is 13.1. The number of likely N-dealkylation sites (tertiary alicyclic amines) is 1. The molecule has 0 aromatic carbocycles. The maximum absolute atomic E-state index is 10.6. The van der Waals surface area contributed by atoms with Gasteiger partial charge in [-0.1, -0.05) is 14.9 Å². The zero-order valence-electron chi connectivity index (χ0n) is 39.7. The molecule has 0 spiro atoms. The number of nitrogen functional groups attached to an aromatic ring is 1. The minimum absolute atomic E-state index is 0. The summed E-state index contributed by atoms with van der Waals surface area (Å²) in [6.45, 7) is 12.3. The number of piperidine rings is 1. The van der Waals surface area contributed by atoms with Gasteiger partial charge in [-0.05, 0) is 58.2 Å². The molecule has 0 aliphatic carbocycles. The number of likely N-dealkylation sites (N-methyl/N-ethyl adjacent to an activating group) is 5. The van der Waals surface area contributed by atoms with Crippen LogP contribution in [-0.2, 0) is 69.6 Å². The lowest BCUT2D eigenvalue weighted by molar-refractivity contribution is -0.121. The zero-order valence-corrected chi connectivity index (χ0v) is 45.4. The third-order valence-corrected chi connectivity index (χ3v) is 16.7. The van der Waals surface area contributed by atoms with Crippen LogP contribution < -0.4 is 5.73 Å². The van der Waals surface area contributed by atoms with Crippen molar-refractivity contribution in [2.75, 3.05) is 93.8 Å². The van der Waals surface area contributed by atoms with Crippen LogP contribution in [0.5, 0.6) is 0 Å². The van der Waals surface area contributed by atoms with Crippen LogP contribution in [0.3, 0.4) is 0 Å². The minimum Gasteiger partial charge on any atom is -0.476 e. The van der Waals surface area contributed by atoms with Gasteiger partial charge in [-0.3, -0.25) is 9.50 Å². The second-order valence-electron chi connectivity index (χ2n) is 17.0. The number of thiazole rings is 5. The molecule has 6 aliphatic heterocycles. The highest BCUT2D eigenvalue weighted by Crippen LogP contribution is 2.29. The Morgan fingerprint density at radius 1 is 0.614 bits per heavy atom. The van der Waals surface area contributed by atoms with E-state index in [0.29, 0.717) is 15.9 Å². The molecular weight excluding hydrogens is 1050 g/mol. The molecule has 0 saturated carbocycles. The SMILES string of the molecule is C.C.CN1CCC(=O)CC1.CN1CCc2nc(Br)sc2C1.CN1CCc2nc(C#N)sc2C1.CN1CCc2nc(C(=O)O)sc2C1.CN1CCc2nc(N)sc2C1.CN1CCc2ncsc2C1.F.[2HH].[B].[B]. The van der Waals surface area contributed by atoms with Gasteiger partial charge in [-0.25, -0.2) is 29.7 Å². The molecule has 16 nitrogen and oxygen atoms in total. The molecule has 11 heterocycles. The number of carbonyl (C=O) groups is 2. The molecule has 6 aliphatic rings. The maximum atomic E-state index is 10.6. The van der Waals surface area contributed by atoms with Gasteiger partial charge in [0.25, 0.3) is 0 Å². The number of carbonyl (C=O) groups excluding carboxylic acids is 1. The van der Waals surface area contributed by atoms with E-state index in [1.54, 1.807) is 34.0 Å². The third-order valence-electron chi connectivity index (χ3n) is 11.4. The Labute approximate surface area is 448 Å².